The Morgan fingerprint density at radius 1 is 0.974 bits per heavy atom. The molecule has 2 fully saturated rings. The van der Waals surface area contributed by atoms with Gasteiger partial charge >= 0.3 is 0 Å². The van der Waals surface area contributed by atoms with Crippen LogP contribution in [0, 0.1) is 11.7 Å². The van der Waals surface area contributed by atoms with Crippen LogP contribution < -0.4 is 5.32 Å². The average Bonchev–Trinajstić information content (AvgIpc) is 3.40. The molecular formula is C33H42FN3O. The highest BCUT2D eigenvalue weighted by molar-refractivity contribution is 5.82. The molecule has 1 amide bonds. The highest BCUT2D eigenvalue weighted by Crippen LogP contribution is 2.37. The van der Waals surface area contributed by atoms with Crippen molar-refractivity contribution in [2.75, 3.05) is 0 Å². The second-order valence-corrected chi connectivity index (χ2v) is 11.7. The minimum absolute atomic E-state index is 0.102. The van der Waals surface area contributed by atoms with Gasteiger partial charge in [-0.25, -0.2) is 9.37 Å². The molecule has 1 atom stereocenters. The van der Waals surface area contributed by atoms with Gasteiger partial charge in [-0.1, -0.05) is 82.7 Å². The molecule has 202 valence electrons. The van der Waals surface area contributed by atoms with Crippen LogP contribution in [0.3, 0.4) is 0 Å². The van der Waals surface area contributed by atoms with Crippen LogP contribution in [0.5, 0.6) is 0 Å². The molecule has 0 spiro atoms. The van der Waals surface area contributed by atoms with Crippen LogP contribution in [0.1, 0.15) is 107 Å². The van der Waals surface area contributed by atoms with E-state index in [1.807, 2.05) is 16.8 Å². The van der Waals surface area contributed by atoms with Gasteiger partial charge in [-0.05, 0) is 72.8 Å². The third kappa shape index (κ3) is 6.19. The molecule has 4 nitrogen and oxygen atoms in total. The predicted octanol–water partition coefficient (Wildman–Crippen LogP) is 7.97. The van der Waals surface area contributed by atoms with E-state index in [1.54, 1.807) is 12.3 Å². The lowest BCUT2D eigenvalue weighted by molar-refractivity contribution is -0.127. The van der Waals surface area contributed by atoms with E-state index in [9.17, 15) is 9.18 Å². The van der Waals surface area contributed by atoms with Crippen molar-refractivity contribution in [1.29, 1.82) is 0 Å². The van der Waals surface area contributed by atoms with Crippen LogP contribution in [0.2, 0.25) is 0 Å². The number of aromatic nitrogens is 2. The Bertz CT molecular complexity index is 1200. The zero-order chi connectivity index (χ0) is 26.5. The van der Waals surface area contributed by atoms with Crippen molar-refractivity contribution >= 4 is 5.91 Å². The summed E-state index contributed by atoms with van der Waals surface area (Å²) < 4.78 is 16.7. The molecule has 1 N–H and O–H groups in total. The van der Waals surface area contributed by atoms with E-state index in [-0.39, 0.29) is 29.7 Å². The summed E-state index contributed by atoms with van der Waals surface area (Å²) >= 11 is 0. The quantitative estimate of drug-likeness (QED) is 0.331. The lowest BCUT2D eigenvalue weighted by atomic mass is 9.82. The first kappa shape index (κ1) is 26.6. The third-order valence-corrected chi connectivity index (χ3v) is 8.64. The van der Waals surface area contributed by atoms with Crippen molar-refractivity contribution in [3.8, 4) is 11.4 Å². The maximum Gasteiger partial charge on any atom is 0.243 e. The number of imidazole rings is 1. The Morgan fingerprint density at radius 2 is 1.66 bits per heavy atom. The molecule has 38 heavy (non-hydrogen) atoms. The molecule has 1 unspecified atom stereocenters. The smallest absolute Gasteiger partial charge is 0.243 e. The summed E-state index contributed by atoms with van der Waals surface area (Å²) in [5.74, 6) is 1.25. The summed E-state index contributed by atoms with van der Waals surface area (Å²) in [6.07, 6.45) is 15.7. The number of halogens is 1. The van der Waals surface area contributed by atoms with Gasteiger partial charge in [0.15, 0.2) is 0 Å². The van der Waals surface area contributed by atoms with Crippen molar-refractivity contribution < 1.29 is 9.18 Å². The molecular weight excluding hydrogens is 473 g/mol. The van der Waals surface area contributed by atoms with Gasteiger partial charge < -0.3 is 9.88 Å². The molecule has 2 aliphatic rings. The van der Waals surface area contributed by atoms with Crippen LogP contribution in [-0.2, 0) is 11.2 Å². The number of carbonyl (C=O) groups excluding carboxylic acids is 1. The number of amides is 1. The minimum atomic E-state index is -0.323. The molecule has 1 aromatic heterocycles. The molecule has 2 saturated carbocycles. The average molecular weight is 516 g/mol. The van der Waals surface area contributed by atoms with Gasteiger partial charge in [-0.3, -0.25) is 4.79 Å². The van der Waals surface area contributed by atoms with Crippen LogP contribution in [0.25, 0.3) is 11.4 Å². The summed E-state index contributed by atoms with van der Waals surface area (Å²) in [6, 6.07) is 13.6. The highest BCUT2D eigenvalue weighted by atomic mass is 19.1. The molecule has 0 bridgehead atoms. The normalized spacial score (nSPS) is 18.0. The minimum Gasteiger partial charge on any atom is -0.352 e. The number of nitrogens with one attached hydrogen (secondary N) is 1. The molecule has 2 aliphatic carbocycles. The monoisotopic (exact) mass is 515 g/mol. The molecule has 0 saturated heterocycles. The van der Waals surface area contributed by atoms with Crippen molar-refractivity contribution in [2.24, 2.45) is 5.92 Å². The van der Waals surface area contributed by atoms with Crippen LogP contribution >= 0.6 is 0 Å². The fourth-order valence-corrected chi connectivity index (χ4v) is 6.45. The van der Waals surface area contributed by atoms with Crippen LogP contribution in [0.15, 0.2) is 54.9 Å². The van der Waals surface area contributed by atoms with Crippen molar-refractivity contribution in [3.05, 3.63) is 77.4 Å². The van der Waals surface area contributed by atoms with Gasteiger partial charge in [0.05, 0.1) is 0 Å². The Balaban J connectivity index is 1.48. The number of hydrogen-bond donors (Lipinski definition) is 1. The summed E-state index contributed by atoms with van der Waals surface area (Å²) in [7, 11) is 0. The molecule has 1 heterocycles. The van der Waals surface area contributed by atoms with Gasteiger partial charge in [0.25, 0.3) is 0 Å². The van der Waals surface area contributed by atoms with E-state index in [2.05, 4.69) is 43.4 Å². The van der Waals surface area contributed by atoms with Crippen LogP contribution in [0.4, 0.5) is 4.39 Å². The van der Waals surface area contributed by atoms with E-state index in [0.717, 1.165) is 49.7 Å². The van der Waals surface area contributed by atoms with Crippen molar-refractivity contribution in [3.63, 3.8) is 0 Å². The zero-order valence-corrected chi connectivity index (χ0v) is 23.0. The SMILES string of the molecule is CC(C)c1ccc(Cc2ccc(F)cc2-c2nccn2C(C(=O)NC2CCCCC2)C2CCCCC2)cc1. The molecule has 0 aliphatic heterocycles. The van der Waals surface area contributed by atoms with Crippen LogP contribution in [-0.4, -0.2) is 21.5 Å². The summed E-state index contributed by atoms with van der Waals surface area (Å²) in [4.78, 5) is 18.6. The number of rotatable bonds is 8. The second-order valence-electron chi connectivity index (χ2n) is 11.7. The van der Waals surface area contributed by atoms with Gasteiger partial charge in [0, 0.05) is 24.0 Å². The zero-order valence-electron chi connectivity index (χ0n) is 23.0. The Hall–Kier alpha value is -2.95. The first-order valence-electron chi connectivity index (χ1n) is 14.7. The van der Waals surface area contributed by atoms with E-state index in [4.69, 9.17) is 4.98 Å². The summed E-state index contributed by atoms with van der Waals surface area (Å²) in [6.45, 7) is 4.39. The topological polar surface area (TPSA) is 46.9 Å². The fraction of sp³-hybridized carbons (Fsp3) is 0.515. The molecule has 5 rings (SSSR count). The number of nitrogens with zero attached hydrogens (tertiary/aromatic N) is 2. The molecule has 5 heteroatoms. The van der Waals surface area contributed by atoms with Gasteiger partial charge in [-0.15, -0.1) is 0 Å². The summed E-state index contributed by atoms with van der Waals surface area (Å²) in [5, 5.41) is 3.40. The fourth-order valence-electron chi connectivity index (χ4n) is 6.45. The lowest BCUT2D eigenvalue weighted by Gasteiger charge is -2.33. The highest BCUT2D eigenvalue weighted by Gasteiger charge is 2.34. The second kappa shape index (κ2) is 12.3. The largest absolute Gasteiger partial charge is 0.352 e. The first-order valence-corrected chi connectivity index (χ1v) is 14.7. The van der Waals surface area contributed by atoms with E-state index < -0.39 is 0 Å². The van der Waals surface area contributed by atoms with Crippen molar-refractivity contribution in [1.82, 2.24) is 14.9 Å². The number of carbonyl (C=O) groups is 1. The van der Waals surface area contributed by atoms with E-state index >= 15 is 0 Å². The maximum absolute atomic E-state index is 14.7. The third-order valence-electron chi connectivity index (χ3n) is 8.64. The molecule has 2 aromatic carbocycles. The maximum atomic E-state index is 14.7. The Kier molecular flexibility index (Phi) is 8.61. The lowest BCUT2D eigenvalue weighted by Crippen LogP contribution is -2.43. The Morgan fingerprint density at radius 3 is 2.34 bits per heavy atom. The van der Waals surface area contributed by atoms with E-state index in [0.29, 0.717) is 18.2 Å². The molecule has 0 radical (unpaired) electrons. The summed E-state index contributed by atoms with van der Waals surface area (Å²) in [5.41, 5.74) is 4.28. The van der Waals surface area contributed by atoms with E-state index in [1.165, 1.54) is 42.9 Å². The first-order chi connectivity index (χ1) is 18.5. The predicted molar refractivity (Wildman–Crippen MR) is 152 cm³/mol. The van der Waals surface area contributed by atoms with Gasteiger partial charge in [0.2, 0.25) is 5.91 Å². The molecule has 3 aromatic rings. The number of hydrogen-bond acceptors (Lipinski definition) is 2. The Labute approximate surface area is 227 Å². The van der Waals surface area contributed by atoms with Gasteiger partial charge in [-0.2, -0.15) is 0 Å². The van der Waals surface area contributed by atoms with Gasteiger partial charge in [0.1, 0.15) is 17.7 Å². The van der Waals surface area contributed by atoms with Crippen molar-refractivity contribution in [2.45, 2.75) is 102 Å². The standard InChI is InChI=1S/C33H42FN3O/c1-23(2)25-15-13-24(14-16-25)21-27-17-18-28(34)22-30(27)32-35-19-20-37(32)31(26-9-5-3-6-10-26)33(38)36-29-11-7-4-8-12-29/h13-20,22-23,26,29,31H,3-12,21H2,1-2H3,(H,36,38). The number of benzene rings is 2.